The molecule has 2 rings (SSSR count). The minimum atomic E-state index is -4.32. The van der Waals surface area contributed by atoms with Gasteiger partial charge >= 0.3 is 12.2 Å². The smallest absolute Gasteiger partial charge is 0.394 e. The van der Waals surface area contributed by atoms with Crippen molar-refractivity contribution in [2.24, 2.45) is 0 Å². The third-order valence-corrected chi connectivity index (χ3v) is 3.85. The Balaban J connectivity index is 1.73. The molecule has 2 atom stereocenters. The van der Waals surface area contributed by atoms with Crippen LogP contribution in [-0.4, -0.2) is 47.7 Å². The van der Waals surface area contributed by atoms with Crippen molar-refractivity contribution in [2.75, 3.05) is 18.5 Å². The molecule has 0 saturated carbocycles. The zero-order valence-corrected chi connectivity index (χ0v) is 12.3. The first-order valence-corrected chi connectivity index (χ1v) is 7.56. The van der Waals surface area contributed by atoms with Crippen molar-refractivity contribution < 1.29 is 27.8 Å². The molecule has 0 aliphatic carbocycles. The zero-order chi connectivity index (χ0) is 16.2. The van der Waals surface area contributed by atoms with E-state index >= 15 is 0 Å². The highest BCUT2D eigenvalue weighted by molar-refractivity contribution is 7.13. The number of aliphatic hydroxyl groups is 1. The molecule has 1 aliphatic rings. The van der Waals surface area contributed by atoms with E-state index in [1.807, 2.05) is 0 Å². The summed E-state index contributed by atoms with van der Waals surface area (Å²) in [5.74, 6) is 0. The van der Waals surface area contributed by atoms with Crippen molar-refractivity contribution in [3.8, 4) is 0 Å². The van der Waals surface area contributed by atoms with Gasteiger partial charge in [0.1, 0.15) is 0 Å². The molecular formula is C12H16F3N3O3S. The predicted molar refractivity (Wildman–Crippen MR) is 73.9 cm³/mol. The predicted octanol–water partition coefficient (Wildman–Crippen LogP) is 1.91. The van der Waals surface area contributed by atoms with Gasteiger partial charge in [-0.15, -0.1) is 11.3 Å². The summed E-state index contributed by atoms with van der Waals surface area (Å²) in [4.78, 5) is 15.3. The van der Waals surface area contributed by atoms with Crippen molar-refractivity contribution in [2.45, 2.75) is 37.6 Å². The van der Waals surface area contributed by atoms with Crippen LogP contribution in [-0.2, 0) is 11.2 Å². The number of alkyl halides is 3. The number of aromatic nitrogens is 1. The van der Waals surface area contributed by atoms with Crippen LogP contribution >= 0.6 is 11.3 Å². The second-order valence-corrected chi connectivity index (χ2v) is 5.77. The molecule has 0 bridgehead atoms. The second-order valence-electron chi connectivity index (χ2n) is 4.91. The van der Waals surface area contributed by atoms with Gasteiger partial charge in [-0.1, -0.05) is 0 Å². The number of rotatable bonds is 5. The van der Waals surface area contributed by atoms with Gasteiger partial charge in [0.2, 0.25) is 0 Å². The topological polar surface area (TPSA) is 83.5 Å². The highest BCUT2D eigenvalue weighted by Crippen LogP contribution is 2.24. The van der Waals surface area contributed by atoms with Crippen molar-refractivity contribution in [1.29, 1.82) is 0 Å². The van der Waals surface area contributed by atoms with Crippen LogP contribution in [0.15, 0.2) is 5.38 Å². The number of nitrogens with one attached hydrogen (secondary N) is 2. The van der Waals surface area contributed by atoms with Gasteiger partial charge in [-0.25, -0.2) is 9.78 Å². The van der Waals surface area contributed by atoms with E-state index in [1.165, 1.54) is 5.38 Å². The van der Waals surface area contributed by atoms with Gasteiger partial charge in [0, 0.05) is 11.9 Å². The lowest BCUT2D eigenvalue weighted by Gasteiger charge is -2.12. The molecule has 2 heterocycles. The quantitative estimate of drug-likeness (QED) is 0.765. The van der Waals surface area contributed by atoms with Crippen LogP contribution in [0.4, 0.5) is 23.1 Å². The number of carbonyl (C=O) groups is 1. The number of urea groups is 1. The van der Waals surface area contributed by atoms with E-state index in [4.69, 9.17) is 9.84 Å². The number of ether oxygens (including phenoxy) is 1. The van der Waals surface area contributed by atoms with Gasteiger partial charge < -0.3 is 15.2 Å². The SMILES string of the molecule is O=C(NC[C@H]1CC[C@@H](CO)O1)Nc1nc(CC(F)(F)F)cs1. The summed E-state index contributed by atoms with van der Waals surface area (Å²) in [5, 5.41) is 15.2. The summed E-state index contributed by atoms with van der Waals surface area (Å²) in [7, 11) is 0. The Morgan fingerprint density at radius 1 is 1.45 bits per heavy atom. The number of thiazole rings is 1. The van der Waals surface area contributed by atoms with E-state index in [0.717, 1.165) is 24.2 Å². The van der Waals surface area contributed by atoms with Gasteiger partial charge in [-0.05, 0) is 12.8 Å². The Hall–Kier alpha value is -1.39. The Bertz CT molecular complexity index is 509. The molecule has 0 unspecified atom stereocenters. The highest BCUT2D eigenvalue weighted by Gasteiger charge is 2.29. The Labute approximate surface area is 128 Å². The van der Waals surface area contributed by atoms with E-state index in [2.05, 4.69) is 15.6 Å². The Kier molecular flexibility index (Phi) is 5.59. The number of halogens is 3. The fourth-order valence-electron chi connectivity index (χ4n) is 2.06. The minimum absolute atomic E-state index is 0.0518. The van der Waals surface area contributed by atoms with E-state index in [0.29, 0.717) is 0 Å². The maximum atomic E-state index is 12.2. The van der Waals surface area contributed by atoms with Crippen molar-refractivity contribution in [3.63, 3.8) is 0 Å². The van der Waals surface area contributed by atoms with Crippen LogP contribution in [0.3, 0.4) is 0 Å². The average molecular weight is 339 g/mol. The first-order chi connectivity index (χ1) is 10.4. The third kappa shape index (κ3) is 5.43. The average Bonchev–Trinajstić information content (AvgIpc) is 3.04. The van der Waals surface area contributed by atoms with E-state index in [-0.39, 0.29) is 36.2 Å². The molecule has 22 heavy (non-hydrogen) atoms. The summed E-state index contributed by atoms with van der Waals surface area (Å²) in [6.45, 7) is 0.215. The highest BCUT2D eigenvalue weighted by atomic mass is 32.1. The lowest BCUT2D eigenvalue weighted by Crippen LogP contribution is -2.35. The minimum Gasteiger partial charge on any atom is -0.394 e. The van der Waals surface area contributed by atoms with Crippen molar-refractivity contribution in [3.05, 3.63) is 11.1 Å². The third-order valence-electron chi connectivity index (χ3n) is 3.04. The summed E-state index contributed by atoms with van der Waals surface area (Å²) in [6.07, 6.45) is -4.34. The number of hydrogen-bond donors (Lipinski definition) is 3. The van der Waals surface area contributed by atoms with Gasteiger partial charge in [0.15, 0.2) is 5.13 Å². The Morgan fingerprint density at radius 3 is 2.82 bits per heavy atom. The fraction of sp³-hybridized carbons (Fsp3) is 0.667. The van der Waals surface area contributed by atoms with E-state index in [9.17, 15) is 18.0 Å². The number of hydrogen-bond acceptors (Lipinski definition) is 5. The molecule has 6 nitrogen and oxygen atoms in total. The summed E-state index contributed by atoms with van der Waals surface area (Å²) in [5.41, 5.74) is -0.127. The van der Waals surface area contributed by atoms with Gasteiger partial charge in [0.25, 0.3) is 0 Å². The maximum absolute atomic E-state index is 12.2. The molecule has 2 amide bonds. The molecule has 0 radical (unpaired) electrons. The van der Waals surface area contributed by atoms with Crippen LogP contribution in [0.25, 0.3) is 0 Å². The molecule has 1 aromatic heterocycles. The second kappa shape index (κ2) is 7.25. The molecular weight excluding hydrogens is 323 g/mol. The fourth-order valence-corrected chi connectivity index (χ4v) is 2.77. The summed E-state index contributed by atoms with van der Waals surface area (Å²) >= 11 is 0.933. The van der Waals surface area contributed by atoms with Crippen LogP contribution in [0.5, 0.6) is 0 Å². The number of aliphatic hydroxyl groups excluding tert-OH is 1. The van der Waals surface area contributed by atoms with Crippen molar-refractivity contribution in [1.82, 2.24) is 10.3 Å². The number of amides is 2. The molecule has 1 aromatic rings. The lowest BCUT2D eigenvalue weighted by atomic mass is 10.2. The Morgan fingerprint density at radius 2 is 2.18 bits per heavy atom. The lowest BCUT2D eigenvalue weighted by molar-refractivity contribution is -0.127. The monoisotopic (exact) mass is 339 g/mol. The van der Waals surface area contributed by atoms with Crippen LogP contribution < -0.4 is 10.6 Å². The molecule has 1 fully saturated rings. The summed E-state index contributed by atoms with van der Waals surface area (Å²) in [6, 6.07) is -0.552. The number of anilines is 1. The van der Waals surface area contributed by atoms with Crippen LogP contribution in [0.1, 0.15) is 18.5 Å². The van der Waals surface area contributed by atoms with Gasteiger partial charge in [0.05, 0.1) is 30.9 Å². The van der Waals surface area contributed by atoms with Crippen molar-refractivity contribution >= 4 is 22.5 Å². The van der Waals surface area contributed by atoms with Gasteiger partial charge in [-0.2, -0.15) is 13.2 Å². The largest absolute Gasteiger partial charge is 0.394 e. The zero-order valence-electron chi connectivity index (χ0n) is 11.5. The first kappa shape index (κ1) is 17.0. The van der Waals surface area contributed by atoms with Gasteiger partial charge in [-0.3, -0.25) is 5.32 Å². The number of carbonyl (C=O) groups excluding carboxylic acids is 1. The van der Waals surface area contributed by atoms with E-state index < -0.39 is 18.6 Å². The summed E-state index contributed by atoms with van der Waals surface area (Å²) < 4.78 is 42.0. The molecule has 3 N–H and O–H groups in total. The molecule has 1 aliphatic heterocycles. The standard InChI is InChI=1S/C12H16F3N3O3S/c13-12(14,15)3-7-6-22-11(17-7)18-10(20)16-4-8-1-2-9(5-19)21-8/h6,8-9,19H,1-5H2,(H2,16,17,18,20)/t8-,9+/m1/s1. The van der Waals surface area contributed by atoms with Crippen LogP contribution in [0.2, 0.25) is 0 Å². The van der Waals surface area contributed by atoms with Crippen LogP contribution in [0, 0.1) is 0 Å². The molecule has 0 spiro atoms. The number of nitrogens with zero attached hydrogens (tertiary/aromatic N) is 1. The molecule has 1 saturated heterocycles. The molecule has 10 heteroatoms. The van der Waals surface area contributed by atoms with E-state index in [1.54, 1.807) is 0 Å². The first-order valence-electron chi connectivity index (χ1n) is 6.68. The maximum Gasteiger partial charge on any atom is 0.394 e. The molecule has 124 valence electrons. The molecule has 0 aromatic carbocycles. The normalized spacial score (nSPS) is 21.8.